The molecule has 2 aromatic carbocycles. The van der Waals surface area contributed by atoms with Gasteiger partial charge in [0.1, 0.15) is 5.75 Å². The molecular formula is C24H26N4O4S. The van der Waals surface area contributed by atoms with Gasteiger partial charge in [-0.2, -0.15) is 4.31 Å². The van der Waals surface area contributed by atoms with Crippen LogP contribution in [-0.4, -0.2) is 46.8 Å². The minimum Gasteiger partial charge on any atom is -0.508 e. The summed E-state index contributed by atoms with van der Waals surface area (Å²) in [6.07, 6.45) is 7.82. The molecule has 1 amide bonds. The standard InChI is InChI=1S/C24H26N4O4S/c1-28(20-9-3-2-4-10-20)33(31,32)22-12-6-8-18(14-22)24(30)27-19-15-25-23(26-16-19)17-7-5-11-21(29)13-17/h5-8,11-16,20,29H,2-4,9-10H2,1H3,(H,27,30). The third-order valence-electron chi connectivity index (χ3n) is 5.88. The van der Waals surface area contributed by atoms with E-state index >= 15 is 0 Å². The largest absolute Gasteiger partial charge is 0.508 e. The first-order valence-corrected chi connectivity index (χ1v) is 12.3. The molecule has 2 N–H and O–H groups in total. The Bertz CT molecular complexity index is 1240. The number of sulfonamides is 1. The fourth-order valence-corrected chi connectivity index (χ4v) is 5.46. The van der Waals surface area contributed by atoms with Gasteiger partial charge in [0, 0.05) is 24.2 Å². The topological polar surface area (TPSA) is 112 Å². The van der Waals surface area contributed by atoms with Crippen LogP contribution < -0.4 is 5.32 Å². The molecule has 0 bridgehead atoms. The first-order chi connectivity index (χ1) is 15.8. The minimum atomic E-state index is -3.70. The van der Waals surface area contributed by atoms with E-state index in [1.54, 1.807) is 43.4 Å². The van der Waals surface area contributed by atoms with Crippen molar-refractivity contribution in [2.45, 2.75) is 43.0 Å². The van der Waals surface area contributed by atoms with Crippen LogP contribution in [0.25, 0.3) is 11.4 Å². The molecular weight excluding hydrogens is 440 g/mol. The number of benzene rings is 2. The van der Waals surface area contributed by atoms with E-state index < -0.39 is 15.9 Å². The van der Waals surface area contributed by atoms with Gasteiger partial charge in [0.25, 0.3) is 5.91 Å². The van der Waals surface area contributed by atoms with Crippen molar-refractivity contribution in [2.24, 2.45) is 0 Å². The molecule has 4 rings (SSSR count). The van der Waals surface area contributed by atoms with Crippen LogP contribution in [0.1, 0.15) is 42.5 Å². The molecule has 3 aromatic rings. The van der Waals surface area contributed by atoms with E-state index in [-0.39, 0.29) is 22.3 Å². The Morgan fingerprint density at radius 2 is 1.73 bits per heavy atom. The summed E-state index contributed by atoms with van der Waals surface area (Å²) in [7, 11) is -2.08. The van der Waals surface area contributed by atoms with Crippen molar-refractivity contribution in [3.63, 3.8) is 0 Å². The molecule has 1 aromatic heterocycles. The zero-order valence-electron chi connectivity index (χ0n) is 18.3. The fourth-order valence-electron chi connectivity index (χ4n) is 3.99. The molecule has 1 aliphatic rings. The second kappa shape index (κ2) is 9.68. The number of aromatic hydroxyl groups is 1. The minimum absolute atomic E-state index is 0.0107. The highest BCUT2D eigenvalue weighted by atomic mass is 32.2. The van der Waals surface area contributed by atoms with Crippen LogP contribution in [0.4, 0.5) is 5.69 Å². The monoisotopic (exact) mass is 466 g/mol. The zero-order chi connectivity index (χ0) is 23.4. The first kappa shape index (κ1) is 22.9. The van der Waals surface area contributed by atoms with E-state index in [0.29, 0.717) is 17.1 Å². The normalized spacial score (nSPS) is 14.8. The molecule has 0 unspecified atom stereocenters. The maximum Gasteiger partial charge on any atom is 0.255 e. The molecule has 1 fully saturated rings. The lowest BCUT2D eigenvalue weighted by molar-refractivity contribution is 0.102. The summed E-state index contributed by atoms with van der Waals surface area (Å²) in [5.74, 6) is 0.0567. The van der Waals surface area contributed by atoms with E-state index in [2.05, 4.69) is 15.3 Å². The smallest absolute Gasteiger partial charge is 0.255 e. The van der Waals surface area contributed by atoms with Gasteiger partial charge in [-0.05, 0) is 43.2 Å². The molecule has 33 heavy (non-hydrogen) atoms. The number of amides is 1. The van der Waals surface area contributed by atoms with E-state index in [1.807, 2.05) is 0 Å². The molecule has 1 heterocycles. The van der Waals surface area contributed by atoms with E-state index in [4.69, 9.17) is 0 Å². The number of anilines is 1. The maximum atomic E-state index is 13.1. The molecule has 9 heteroatoms. The van der Waals surface area contributed by atoms with Gasteiger partial charge >= 0.3 is 0 Å². The average molecular weight is 467 g/mol. The lowest BCUT2D eigenvalue weighted by Crippen LogP contribution is -2.38. The Hall–Kier alpha value is -3.30. The molecule has 0 radical (unpaired) electrons. The number of aromatic nitrogens is 2. The summed E-state index contributed by atoms with van der Waals surface area (Å²) < 4.78 is 27.7. The van der Waals surface area contributed by atoms with Crippen LogP contribution in [-0.2, 0) is 10.0 Å². The highest BCUT2D eigenvalue weighted by Crippen LogP contribution is 2.27. The van der Waals surface area contributed by atoms with Crippen LogP contribution in [0.2, 0.25) is 0 Å². The van der Waals surface area contributed by atoms with E-state index in [0.717, 1.165) is 32.1 Å². The number of rotatable bonds is 6. The molecule has 0 saturated heterocycles. The van der Waals surface area contributed by atoms with Gasteiger partial charge in [0.05, 0.1) is 23.0 Å². The average Bonchev–Trinajstić information content (AvgIpc) is 2.84. The summed E-state index contributed by atoms with van der Waals surface area (Å²) in [6, 6.07) is 12.6. The van der Waals surface area contributed by atoms with Crippen molar-refractivity contribution in [3.05, 3.63) is 66.5 Å². The van der Waals surface area contributed by atoms with Gasteiger partial charge in [-0.25, -0.2) is 18.4 Å². The lowest BCUT2D eigenvalue weighted by atomic mass is 9.96. The second-order valence-electron chi connectivity index (χ2n) is 8.14. The molecule has 172 valence electrons. The third kappa shape index (κ3) is 5.20. The number of hydrogen-bond acceptors (Lipinski definition) is 6. The number of carbonyl (C=O) groups is 1. The van der Waals surface area contributed by atoms with Crippen molar-refractivity contribution in [1.29, 1.82) is 0 Å². The molecule has 0 spiro atoms. The van der Waals surface area contributed by atoms with E-state index in [1.165, 1.54) is 28.8 Å². The van der Waals surface area contributed by atoms with Crippen molar-refractivity contribution >= 4 is 21.6 Å². The number of phenols is 1. The predicted molar refractivity (Wildman–Crippen MR) is 125 cm³/mol. The summed E-state index contributed by atoms with van der Waals surface area (Å²) in [5, 5.41) is 12.3. The lowest BCUT2D eigenvalue weighted by Gasteiger charge is -2.30. The van der Waals surface area contributed by atoms with Gasteiger partial charge in [-0.3, -0.25) is 4.79 Å². The molecule has 0 atom stereocenters. The Kier molecular flexibility index (Phi) is 6.71. The number of hydrogen-bond donors (Lipinski definition) is 2. The second-order valence-corrected chi connectivity index (χ2v) is 10.1. The van der Waals surface area contributed by atoms with Gasteiger partial charge in [-0.15, -0.1) is 0 Å². The number of nitrogens with one attached hydrogen (secondary N) is 1. The van der Waals surface area contributed by atoms with Gasteiger partial charge in [0.2, 0.25) is 10.0 Å². The van der Waals surface area contributed by atoms with Crippen molar-refractivity contribution in [3.8, 4) is 17.1 Å². The third-order valence-corrected chi connectivity index (χ3v) is 7.78. The first-order valence-electron chi connectivity index (χ1n) is 10.9. The predicted octanol–water partition coefficient (Wildman–Crippen LogP) is 4.05. The Labute approximate surface area is 193 Å². The van der Waals surface area contributed by atoms with Crippen LogP contribution in [0.5, 0.6) is 5.75 Å². The highest BCUT2D eigenvalue weighted by molar-refractivity contribution is 7.89. The van der Waals surface area contributed by atoms with Crippen LogP contribution in [0.3, 0.4) is 0 Å². The molecule has 8 nitrogen and oxygen atoms in total. The number of carbonyl (C=O) groups excluding carboxylic acids is 1. The zero-order valence-corrected chi connectivity index (χ0v) is 19.1. The Morgan fingerprint density at radius 3 is 2.42 bits per heavy atom. The van der Waals surface area contributed by atoms with Gasteiger partial charge in [0.15, 0.2) is 5.82 Å². The summed E-state index contributed by atoms with van der Waals surface area (Å²) in [5.41, 5.74) is 1.24. The SMILES string of the molecule is CN(C1CCCCC1)S(=O)(=O)c1cccc(C(=O)Nc2cnc(-c3cccc(O)c3)nc2)c1. The van der Waals surface area contributed by atoms with Crippen molar-refractivity contribution in [1.82, 2.24) is 14.3 Å². The van der Waals surface area contributed by atoms with E-state index in [9.17, 15) is 18.3 Å². The molecule has 1 saturated carbocycles. The number of phenolic OH excluding ortho intramolecular Hbond substituents is 1. The molecule has 1 aliphatic carbocycles. The van der Waals surface area contributed by atoms with Crippen LogP contribution in [0, 0.1) is 0 Å². The fraction of sp³-hybridized carbons (Fsp3) is 0.292. The van der Waals surface area contributed by atoms with Crippen LogP contribution in [0.15, 0.2) is 65.8 Å². The maximum absolute atomic E-state index is 13.1. The quantitative estimate of drug-likeness (QED) is 0.567. The summed E-state index contributed by atoms with van der Waals surface area (Å²) in [6.45, 7) is 0. The highest BCUT2D eigenvalue weighted by Gasteiger charge is 2.29. The van der Waals surface area contributed by atoms with Crippen molar-refractivity contribution < 1.29 is 18.3 Å². The summed E-state index contributed by atoms with van der Waals surface area (Å²) in [4.78, 5) is 21.3. The van der Waals surface area contributed by atoms with Gasteiger partial charge < -0.3 is 10.4 Å². The molecule has 0 aliphatic heterocycles. The Morgan fingerprint density at radius 1 is 1.03 bits per heavy atom. The van der Waals surface area contributed by atoms with Crippen molar-refractivity contribution in [2.75, 3.05) is 12.4 Å². The number of nitrogens with zero attached hydrogens (tertiary/aromatic N) is 3. The summed E-state index contributed by atoms with van der Waals surface area (Å²) >= 11 is 0. The van der Waals surface area contributed by atoms with Gasteiger partial charge in [-0.1, -0.05) is 37.5 Å². The van der Waals surface area contributed by atoms with Crippen LogP contribution >= 0.6 is 0 Å². The Balaban J connectivity index is 1.48.